The van der Waals surface area contributed by atoms with Gasteiger partial charge in [-0.15, -0.1) is 24.0 Å². The molecule has 0 radical (unpaired) electrons. The van der Waals surface area contributed by atoms with E-state index in [9.17, 15) is 8.42 Å². The normalized spacial score (nSPS) is 12.2. The molecular formula is C19H35IN4O2S. The largest absolute Gasteiger partial charge is 0.356 e. The van der Waals surface area contributed by atoms with Crippen molar-refractivity contribution in [3.05, 3.63) is 35.4 Å². The van der Waals surface area contributed by atoms with Gasteiger partial charge in [0.1, 0.15) is 0 Å². The van der Waals surface area contributed by atoms with Crippen LogP contribution >= 0.6 is 24.0 Å². The minimum atomic E-state index is -3.35. The molecule has 156 valence electrons. The van der Waals surface area contributed by atoms with Crippen molar-refractivity contribution in [3.8, 4) is 0 Å². The number of guanidine groups is 1. The molecule has 0 unspecified atom stereocenters. The van der Waals surface area contributed by atoms with E-state index in [1.54, 1.807) is 7.05 Å². The van der Waals surface area contributed by atoms with E-state index in [1.165, 1.54) is 0 Å². The summed E-state index contributed by atoms with van der Waals surface area (Å²) < 4.78 is 27.1. The lowest BCUT2D eigenvalue weighted by Crippen LogP contribution is -2.39. The first-order chi connectivity index (χ1) is 12.3. The fourth-order valence-corrected chi connectivity index (χ4v) is 4.19. The molecule has 1 aromatic carbocycles. The highest BCUT2D eigenvalue weighted by Gasteiger charge is 2.15. The number of sulfonamides is 1. The standard InChI is InChI=1S/C19H34N4O2S.HI/c1-6-16(7-2)12-21-19(20-5)22-13-17-10-8-9-11-18(17)14-26(24,25)23-15(3)4;/h8-11,15-16,23H,6-7,12-14H2,1-5H3,(H2,20,21,22);1H. The molecule has 27 heavy (non-hydrogen) atoms. The summed E-state index contributed by atoms with van der Waals surface area (Å²) in [6.45, 7) is 9.42. The summed E-state index contributed by atoms with van der Waals surface area (Å²) in [5.41, 5.74) is 1.75. The number of rotatable bonds is 10. The van der Waals surface area contributed by atoms with Crippen molar-refractivity contribution in [2.24, 2.45) is 10.9 Å². The fraction of sp³-hybridized carbons (Fsp3) is 0.632. The Morgan fingerprint density at radius 2 is 1.67 bits per heavy atom. The van der Waals surface area contributed by atoms with Gasteiger partial charge < -0.3 is 10.6 Å². The summed E-state index contributed by atoms with van der Waals surface area (Å²) in [6.07, 6.45) is 2.26. The first-order valence-corrected chi connectivity index (χ1v) is 11.0. The molecule has 0 aliphatic heterocycles. The molecule has 1 aromatic rings. The van der Waals surface area contributed by atoms with E-state index < -0.39 is 10.0 Å². The molecule has 0 saturated heterocycles. The van der Waals surface area contributed by atoms with Gasteiger partial charge >= 0.3 is 0 Å². The van der Waals surface area contributed by atoms with Crippen LogP contribution in [0, 0.1) is 5.92 Å². The molecule has 0 aliphatic carbocycles. The summed E-state index contributed by atoms with van der Waals surface area (Å²) in [5, 5.41) is 6.62. The third-order valence-electron chi connectivity index (χ3n) is 4.26. The van der Waals surface area contributed by atoms with Gasteiger partial charge in [-0.25, -0.2) is 13.1 Å². The van der Waals surface area contributed by atoms with Crippen molar-refractivity contribution in [3.63, 3.8) is 0 Å². The Balaban J connectivity index is 0.00000676. The lowest BCUT2D eigenvalue weighted by atomic mass is 10.0. The molecule has 0 bridgehead atoms. The van der Waals surface area contributed by atoms with Crippen LogP contribution in [0.2, 0.25) is 0 Å². The van der Waals surface area contributed by atoms with Gasteiger partial charge in [0, 0.05) is 26.2 Å². The summed E-state index contributed by atoms with van der Waals surface area (Å²) in [5.74, 6) is 1.32. The minimum absolute atomic E-state index is 0. The number of benzene rings is 1. The predicted molar refractivity (Wildman–Crippen MR) is 125 cm³/mol. The van der Waals surface area contributed by atoms with Gasteiger partial charge in [0.2, 0.25) is 10.0 Å². The second-order valence-electron chi connectivity index (χ2n) is 6.79. The number of hydrogen-bond donors (Lipinski definition) is 3. The second kappa shape index (κ2) is 13.3. The van der Waals surface area contributed by atoms with Crippen LogP contribution in [0.4, 0.5) is 0 Å². The van der Waals surface area contributed by atoms with Crippen LogP contribution in [0.5, 0.6) is 0 Å². The zero-order valence-electron chi connectivity index (χ0n) is 17.1. The van der Waals surface area contributed by atoms with Gasteiger partial charge in [0.25, 0.3) is 0 Å². The van der Waals surface area contributed by atoms with E-state index in [2.05, 4.69) is 34.2 Å². The number of aliphatic imine (C=N–C) groups is 1. The molecule has 0 amide bonds. The minimum Gasteiger partial charge on any atom is -0.356 e. The summed E-state index contributed by atoms with van der Waals surface area (Å²) in [4.78, 5) is 4.25. The maximum atomic E-state index is 12.2. The zero-order chi connectivity index (χ0) is 19.6. The van der Waals surface area contributed by atoms with E-state index in [0.29, 0.717) is 12.5 Å². The van der Waals surface area contributed by atoms with Crippen molar-refractivity contribution >= 4 is 40.0 Å². The highest BCUT2D eigenvalue weighted by Crippen LogP contribution is 2.12. The molecule has 1 rings (SSSR count). The van der Waals surface area contributed by atoms with Crippen LogP contribution in [0.25, 0.3) is 0 Å². The van der Waals surface area contributed by atoms with Gasteiger partial charge in [0.05, 0.1) is 5.75 Å². The van der Waals surface area contributed by atoms with Crippen LogP contribution < -0.4 is 15.4 Å². The van der Waals surface area contributed by atoms with Crippen LogP contribution in [0.1, 0.15) is 51.7 Å². The number of nitrogens with zero attached hydrogens (tertiary/aromatic N) is 1. The molecule has 0 aliphatic rings. The van der Waals surface area contributed by atoms with Crippen molar-refractivity contribution in [1.29, 1.82) is 0 Å². The highest BCUT2D eigenvalue weighted by atomic mass is 127. The Kier molecular flexibility index (Phi) is 12.9. The third-order valence-corrected chi connectivity index (χ3v) is 5.78. The molecule has 0 atom stereocenters. The molecular weight excluding hydrogens is 475 g/mol. The molecule has 0 fully saturated rings. The first-order valence-electron chi connectivity index (χ1n) is 9.32. The number of halogens is 1. The predicted octanol–water partition coefficient (Wildman–Crippen LogP) is 3.23. The lowest BCUT2D eigenvalue weighted by Gasteiger charge is -2.18. The van der Waals surface area contributed by atoms with Gasteiger partial charge in [-0.3, -0.25) is 4.99 Å². The lowest BCUT2D eigenvalue weighted by molar-refractivity contribution is 0.481. The topological polar surface area (TPSA) is 82.6 Å². The maximum absolute atomic E-state index is 12.2. The maximum Gasteiger partial charge on any atom is 0.216 e. The van der Waals surface area contributed by atoms with Crippen LogP contribution in [-0.2, 0) is 22.3 Å². The first kappa shape index (κ1) is 26.1. The molecule has 0 heterocycles. The Morgan fingerprint density at radius 3 is 2.19 bits per heavy atom. The molecule has 0 saturated carbocycles. The van der Waals surface area contributed by atoms with E-state index in [1.807, 2.05) is 38.1 Å². The van der Waals surface area contributed by atoms with E-state index in [0.717, 1.165) is 36.5 Å². The SMILES string of the molecule is CCC(CC)CNC(=NC)NCc1ccccc1CS(=O)(=O)NC(C)C.I. The Labute approximate surface area is 182 Å². The molecule has 0 aromatic heterocycles. The zero-order valence-corrected chi connectivity index (χ0v) is 20.2. The van der Waals surface area contributed by atoms with Gasteiger partial charge in [0.15, 0.2) is 5.96 Å². The smallest absolute Gasteiger partial charge is 0.216 e. The summed E-state index contributed by atoms with van der Waals surface area (Å²) in [6, 6.07) is 7.48. The van der Waals surface area contributed by atoms with Crippen LogP contribution in [-0.4, -0.2) is 34.0 Å². The van der Waals surface area contributed by atoms with Crippen LogP contribution in [0.3, 0.4) is 0 Å². The average molecular weight is 510 g/mol. The highest BCUT2D eigenvalue weighted by molar-refractivity contribution is 14.0. The number of nitrogens with one attached hydrogen (secondary N) is 3. The molecule has 6 nitrogen and oxygen atoms in total. The molecule has 0 spiro atoms. The van der Waals surface area contributed by atoms with Gasteiger partial charge in [-0.05, 0) is 30.9 Å². The summed E-state index contributed by atoms with van der Waals surface area (Å²) in [7, 11) is -1.61. The second-order valence-corrected chi connectivity index (χ2v) is 8.54. The Bertz CT molecular complexity index is 674. The van der Waals surface area contributed by atoms with Gasteiger partial charge in [-0.1, -0.05) is 51.0 Å². The average Bonchev–Trinajstić information content (AvgIpc) is 2.58. The molecule has 3 N–H and O–H groups in total. The van der Waals surface area contributed by atoms with E-state index in [4.69, 9.17) is 0 Å². The number of hydrogen-bond acceptors (Lipinski definition) is 3. The van der Waals surface area contributed by atoms with Crippen molar-refractivity contribution in [2.45, 2.75) is 58.9 Å². The monoisotopic (exact) mass is 510 g/mol. The van der Waals surface area contributed by atoms with E-state index >= 15 is 0 Å². The van der Waals surface area contributed by atoms with Crippen molar-refractivity contribution < 1.29 is 8.42 Å². The van der Waals surface area contributed by atoms with E-state index in [-0.39, 0.29) is 35.8 Å². The third kappa shape index (κ3) is 10.3. The van der Waals surface area contributed by atoms with Crippen molar-refractivity contribution in [2.75, 3.05) is 13.6 Å². The quantitative estimate of drug-likeness (QED) is 0.257. The molecule has 8 heteroatoms. The van der Waals surface area contributed by atoms with Crippen molar-refractivity contribution in [1.82, 2.24) is 15.4 Å². The Morgan fingerprint density at radius 1 is 1.07 bits per heavy atom. The summed E-state index contributed by atoms with van der Waals surface area (Å²) >= 11 is 0. The van der Waals surface area contributed by atoms with Gasteiger partial charge in [-0.2, -0.15) is 0 Å². The van der Waals surface area contributed by atoms with Crippen LogP contribution in [0.15, 0.2) is 29.3 Å². The fourth-order valence-electron chi connectivity index (χ4n) is 2.69. The Hall–Kier alpha value is -0.870.